The van der Waals surface area contributed by atoms with Gasteiger partial charge in [-0.1, -0.05) is 23.4 Å². The van der Waals surface area contributed by atoms with Crippen molar-refractivity contribution in [2.75, 3.05) is 26.7 Å². The van der Waals surface area contributed by atoms with Crippen molar-refractivity contribution in [3.05, 3.63) is 35.7 Å². The molecule has 0 amide bonds. The molecule has 5 heteroatoms. The Morgan fingerprint density at radius 3 is 3.00 bits per heavy atom. The van der Waals surface area contributed by atoms with Crippen LogP contribution in [0.3, 0.4) is 0 Å². The van der Waals surface area contributed by atoms with Crippen LogP contribution in [0.4, 0.5) is 0 Å². The molecule has 1 aromatic heterocycles. The van der Waals surface area contributed by atoms with Crippen LogP contribution in [0, 0.1) is 6.92 Å². The summed E-state index contributed by atoms with van der Waals surface area (Å²) >= 11 is 0. The van der Waals surface area contributed by atoms with Crippen LogP contribution in [-0.2, 0) is 4.74 Å². The predicted octanol–water partition coefficient (Wildman–Crippen LogP) is 2.05. The summed E-state index contributed by atoms with van der Waals surface area (Å²) in [7, 11) is 2.11. The second-order valence-corrected chi connectivity index (χ2v) is 4.88. The van der Waals surface area contributed by atoms with Crippen molar-refractivity contribution < 1.29 is 9.26 Å². The highest BCUT2D eigenvalue weighted by molar-refractivity contribution is 5.55. The minimum atomic E-state index is 0.117. The number of aryl methyl sites for hydroxylation is 1. The van der Waals surface area contributed by atoms with Crippen molar-refractivity contribution in [1.29, 1.82) is 0 Å². The van der Waals surface area contributed by atoms with E-state index in [4.69, 9.17) is 9.26 Å². The molecule has 1 aliphatic rings. The molecule has 1 saturated heterocycles. The number of hydrogen-bond acceptors (Lipinski definition) is 5. The van der Waals surface area contributed by atoms with Crippen molar-refractivity contribution in [2.24, 2.45) is 0 Å². The first-order valence-electron chi connectivity index (χ1n) is 6.43. The number of nitrogens with zero attached hydrogens (tertiary/aromatic N) is 3. The zero-order valence-electron chi connectivity index (χ0n) is 11.2. The number of rotatable bonds is 2. The lowest BCUT2D eigenvalue weighted by atomic mass is 10.0. The molecule has 0 saturated carbocycles. The molecule has 100 valence electrons. The molecule has 5 nitrogen and oxygen atoms in total. The molecular formula is C14H17N3O2. The van der Waals surface area contributed by atoms with Crippen molar-refractivity contribution >= 4 is 0 Å². The van der Waals surface area contributed by atoms with Crippen LogP contribution in [0.25, 0.3) is 11.4 Å². The molecule has 0 aliphatic carbocycles. The van der Waals surface area contributed by atoms with E-state index in [1.165, 1.54) is 0 Å². The molecule has 0 spiro atoms. The van der Waals surface area contributed by atoms with E-state index in [-0.39, 0.29) is 6.10 Å². The second kappa shape index (κ2) is 5.11. The minimum absolute atomic E-state index is 0.117. The van der Waals surface area contributed by atoms with Gasteiger partial charge in [0.15, 0.2) is 0 Å². The first-order valence-corrected chi connectivity index (χ1v) is 6.43. The standard InChI is InChI=1S/C14H17N3O2/c1-10-15-14(16-19-10)12-5-3-4-11(8-12)13-9-17(2)6-7-18-13/h3-5,8,13H,6-7,9H2,1-2H3/t13-/m1/s1. The number of aromatic nitrogens is 2. The van der Waals surface area contributed by atoms with Crippen molar-refractivity contribution in [3.8, 4) is 11.4 Å². The molecule has 1 aliphatic heterocycles. The monoisotopic (exact) mass is 259 g/mol. The van der Waals surface area contributed by atoms with E-state index in [1.54, 1.807) is 6.92 Å². The molecular weight excluding hydrogens is 242 g/mol. The highest BCUT2D eigenvalue weighted by Crippen LogP contribution is 2.25. The molecule has 0 bridgehead atoms. The molecule has 2 heterocycles. The van der Waals surface area contributed by atoms with E-state index in [9.17, 15) is 0 Å². The van der Waals surface area contributed by atoms with Gasteiger partial charge in [-0.15, -0.1) is 0 Å². The van der Waals surface area contributed by atoms with Crippen LogP contribution < -0.4 is 0 Å². The summed E-state index contributed by atoms with van der Waals surface area (Å²) in [5.41, 5.74) is 2.12. The quantitative estimate of drug-likeness (QED) is 0.826. The van der Waals surface area contributed by atoms with Gasteiger partial charge in [-0.2, -0.15) is 4.98 Å². The van der Waals surface area contributed by atoms with Gasteiger partial charge in [0, 0.05) is 25.6 Å². The van der Waals surface area contributed by atoms with E-state index < -0.39 is 0 Å². The third-order valence-electron chi connectivity index (χ3n) is 3.31. The van der Waals surface area contributed by atoms with E-state index in [2.05, 4.69) is 34.2 Å². The van der Waals surface area contributed by atoms with Gasteiger partial charge in [-0.25, -0.2) is 0 Å². The third-order valence-corrected chi connectivity index (χ3v) is 3.31. The summed E-state index contributed by atoms with van der Waals surface area (Å²) in [5.74, 6) is 1.21. The highest BCUT2D eigenvalue weighted by Gasteiger charge is 2.20. The Balaban J connectivity index is 1.87. The van der Waals surface area contributed by atoms with E-state index in [1.807, 2.05) is 12.1 Å². The van der Waals surface area contributed by atoms with Crippen LogP contribution in [0.15, 0.2) is 28.8 Å². The van der Waals surface area contributed by atoms with Gasteiger partial charge in [-0.3, -0.25) is 0 Å². The largest absolute Gasteiger partial charge is 0.371 e. The third kappa shape index (κ3) is 2.67. The Kier molecular flexibility index (Phi) is 3.31. The van der Waals surface area contributed by atoms with E-state index in [0.29, 0.717) is 11.7 Å². The smallest absolute Gasteiger partial charge is 0.223 e. The summed E-state index contributed by atoms with van der Waals surface area (Å²) in [5, 5.41) is 3.95. The SMILES string of the molecule is Cc1nc(-c2cccc([C@H]3CN(C)CCO3)c2)no1. The Morgan fingerprint density at radius 1 is 1.37 bits per heavy atom. The molecule has 3 rings (SSSR count). The van der Waals surface area contributed by atoms with E-state index >= 15 is 0 Å². The summed E-state index contributed by atoms with van der Waals surface area (Å²) in [6.45, 7) is 4.46. The zero-order valence-corrected chi connectivity index (χ0v) is 11.2. The molecule has 0 N–H and O–H groups in total. The number of hydrogen-bond donors (Lipinski definition) is 0. The average Bonchev–Trinajstić information content (AvgIpc) is 2.86. The number of likely N-dealkylation sites (N-methyl/N-ethyl adjacent to an activating group) is 1. The summed E-state index contributed by atoms with van der Waals surface area (Å²) in [6.07, 6.45) is 0.117. The van der Waals surface area contributed by atoms with Gasteiger partial charge in [0.25, 0.3) is 0 Å². The number of benzene rings is 1. The summed E-state index contributed by atoms with van der Waals surface area (Å²) < 4.78 is 10.8. The Morgan fingerprint density at radius 2 is 2.26 bits per heavy atom. The van der Waals surface area contributed by atoms with Gasteiger partial charge in [0.05, 0.1) is 12.7 Å². The molecule has 0 unspecified atom stereocenters. The van der Waals surface area contributed by atoms with E-state index in [0.717, 1.165) is 30.8 Å². The maximum Gasteiger partial charge on any atom is 0.223 e. The average molecular weight is 259 g/mol. The van der Waals surface area contributed by atoms with Crippen LogP contribution in [0.1, 0.15) is 17.6 Å². The maximum absolute atomic E-state index is 5.82. The lowest BCUT2D eigenvalue weighted by Gasteiger charge is -2.30. The van der Waals surface area contributed by atoms with Crippen molar-refractivity contribution in [3.63, 3.8) is 0 Å². The molecule has 1 fully saturated rings. The Hall–Kier alpha value is -1.72. The van der Waals surface area contributed by atoms with Crippen LogP contribution in [0.5, 0.6) is 0 Å². The van der Waals surface area contributed by atoms with Gasteiger partial charge in [0.1, 0.15) is 0 Å². The lowest BCUT2D eigenvalue weighted by molar-refractivity contribution is -0.0208. The molecule has 2 aromatic rings. The fourth-order valence-electron chi connectivity index (χ4n) is 2.27. The van der Waals surface area contributed by atoms with Gasteiger partial charge >= 0.3 is 0 Å². The fourth-order valence-corrected chi connectivity index (χ4v) is 2.27. The van der Waals surface area contributed by atoms with Crippen LogP contribution in [0.2, 0.25) is 0 Å². The van der Waals surface area contributed by atoms with Crippen LogP contribution >= 0.6 is 0 Å². The summed E-state index contributed by atoms with van der Waals surface area (Å²) in [6, 6.07) is 8.16. The second-order valence-electron chi connectivity index (χ2n) is 4.88. The molecule has 0 radical (unpaired) electrons. The van der Waals surface area contributed by atoms with Gasteiger partial charge in [-0.05, 0) is 18.7 Å². The highest BCUT2D eigenvalue weighted by atomic mass is 16.5. The minimum Gasteiger partial charge on any atom is -0.371 e. The number of morpholine rings is 1. The van der Waals surface area contributed by atoms with Crippen molar-refractivity contribution in [1.82, 2.24) is 15.0 Å². The molecule has 1 aromatic carbocycles. The molecule has 19 heavy (non-hydrogen) atoms. The first kappa shape index (κ1) is 12.3. The predicted molar refractivity (Wildman–Crippen MR) is 70.7 cm³/mol. The van der Waals surface area contributed by atoms with Gasteiger partial charge < -0.3 is 14.2 Å². The Labute approximate surface area is 112 Å². The fraction of sp³-hybridized carbons (Fsp3) is 0.429. The Bertz CT molecular complexity index is 567. The normalized spacial score (nSPS) is 20.6. The van der Waals surface area contributed by atoms with Crippen LogP contribution in [-0.4, -0.2) is 41.8 Å². The number of ether oxygens (including phenoxy) is 1. The topological polar surface area (TPSA) is 51.4 Å². The lowest BCUT2D eigenvalue weighted by Crippen LogP contribution is -2.35. The first-order chi connectivity index (χ1) is 9.22. The molecule has 1 atom stereocenters. The van der Waals surface area contributed by atoms with Crippen molar-refractivity contribution in [2.45, 2.75) is 13.0 Å². The summed E-state index contributed by atoms with van der Waals surface area (Å²) in [4.78, 5) is 6.53. The maximum atomic E-state index is 5.82. The zero-order chi connectivity index (χ0) is 13.2. The van der Waals surface area contributed by atoms with Gasteiger partial charge in [0.2, 0.25) is 11.7 Å².